The molecule has 0 rings (SSSR count). The highest BCUT2D eigenvalue weighted by Crippen LogP contribution is 1.91. The molecule has 0 aliphatic rings. The van der Waals surface area contributed by atoms with Gasteiger partial charge in [-0.15, -0.1) is 0 Å². The number of hydrogen-bond acceptors (Lipinski definition) is 8. The van der Waals surface area contributed by atoms with E-state index in [0.717, 1.165) is 0 Å². The predicted octanol–water partition coefficient (Wildman–Crippen LogP) is -0.788. The Bertz CT molecular complexity index is 361. The molecular weight excluding hydrogens is 356 g/mol. The molecule has 154 valence electrons. The number of aliphatic carboxylic acids is 3. The Labute approximate surface area is 151 Å². The highest BCUT2D eigenvalue weighted by Gasteiger charge is 2.25. The fraction of sp³-hybridized carbons (Fsp3) is 0.667. The van der Waals surface area contributed by atoms with Crippen LogP contribution in [-0.2, 0) is 28.6 Å². The SMILES string of the molecule is C=C(C)C(=O)O.CCOC(C(=O)O)C(=O)O.OCCOCCOCCO. The summed E-state index contributed by atoms with van der Waals surface area (Å²) >= 11 is 0. The van der Waals surface area contributed by atoms with Gasteiger partial charge in [0.1, 0.15) is 0 Å². The maximum atomic E-state index is 10.0. The second-order valence-corrected chi connectivity index (χ2v) is 4.27. The van der Waals surface area contributed by atoms with Crippen molar-refractivity contribution in [3.63, 3.8) is 0 Å². The van der Waals surface area contributed by atoms with Crippen molar-refractivity contribution < 1.29 is 54.1 Å². The molecule has 0 bridgehead atoms. The largest absolute Gasteiger partial charge is 0.479 e. The van der Waals surface area contributed by atoms with E-state index < -0.39 is 24.0 Å². The third kappa shape index (κ3) is 24.2. The van der Waals surface area contributed by atoms with Crippen molar-refractivity contribution in [2.45, 2.75) is 20.0 Å². The summed E-state index contributed by atoms with van der Waals surface area (Å²) in [6.45, 7) is 7.93. The molecule has 0 aromatic carbocycles. The fourth-order valence-corrected chi connectivity index (χ4v) is 0.866. The third-order valence-corrected chi connectivity index (χ3v) is 1.99. The summed E-state index contributed by atoms with van der Waals surface area (Å²) in [4.78, 5) is 29.6. The van der Waals surface area contributed by atoms with Crippen LogP contribution in [0.2, 0.25) is 0 Å². The van der Waals surface area contributed by atoms with Gasteiger partial charge in [-0.1, -0.05) is 6.58 Å². The van der Waals surface area contributed by atoms with E-state index in [0.29, 0.717) is 26.4 Å². The third-order valence-electron chi connectivity index (χ3n) is 1.99. The van der Waals surface area contributed by atoms with Gasteiger partial charge in [0.2, 0.25) is 0 Å². The zero-order chi connectivity index (χ0) is 21.0. The lowest BCUT2D eigenvalue weighted by Gasteiger charge is -2.05. The van der Waals surface area contributed by atoms with Gasteiger partial charge in [0.05, 0.1) is 39.6 Å². The number of aliphatic hydroxyl groups excluding tert-OH is 2. The van der Waals surface area contributed by atoms with E-state index in [1.165, 1.54) is 13.8 Å². The van der Waals surface area contributed by atoms with E-state index in [1.807, 2.05) is 0 Å². The molecule has 0 aromatic rings. The van der Waals surface area contributed by atoms with Crippen LogP contribution in [0.15, 0.2) is 12.2 Å². The zero-order valence-electron chi connectivity index (χ0n) is 14.9. The van der Waals surface area contributed by atoms with E-state index >= 15 is 0 Å². The summed E-state index contributed by atoms with van der Waals surface area (Å²) in [6.07, 6.45) is -1.73. The molecule has 0 unspecified atom stereocenters. The van der Waals surface area contributed by atoms with Crippen LogP contribution < -0.4 is 0 Å². The lowest BCUT2D eigenvalue weighted by atomic mass is 10.4. The fourth-order valence-electron chi connectivity index (χ4n) is 0.866. The second-order valence-electron chi connectivity index (χ2n) is 4.27. The summed E-state index contributed by atoms with van der Waals surface area (Å²) in [6, 6.07) is 0. The predicted molar refractivity (Wildman–Crippen MR) is 88.9 cm³/mol. The summed E-state index contributed by atoms with van der Waals surface area (Å²) in [5, 5.41) is 40.8. The molecule has 0 spiro atoms. The van der Waals surface area contributed by atoms with Crippen LogP contribution in [0.3, 0.4) is 0 Å². The van der Waals surface area contributed by atoms with E-state index in [9.17, 15) is 14.4 Å². The van der Waals surface area contributed by atoms with Crippen molar-refractivity contribution in [1.29, 1.82) is 0 Å². The van der Waals surface area contributed by atoms with E-state index in [1.54, 1.807) is 0 Å². The molecule has 0 amide bonds. The quantitative estimate of drug-likeness (QED) is 0.162. The van der Waals surface area contributed by atoms with Crippen molar-refractivity contribution in [3.05, 3.63) is 12.2 Å². The van der Waals surface area contributed by atoms with Crippen LogP contribution in [-0.4, -0.2) is 95.8 Å². The van der Waals surface area contributed by atoms with Crippen molar-refractivity contribution in [3.8, 4) is 0 Å². The van der Waals surface area contributed by atoms with E-state index in [-0.39, 0.29) is 25.4 Å². The molecular formula is C15H28O11. The summed E-state index contributed by atoms with van der Waals surface area (Å²) < 4.78 is 14.1. The van der Waals surface area contributed by atoms with Crippen molar-refractivity contribution in [1.82, 2.24) is 0 Å². The summed E-state index contributed by atoms with van der Waals surface area (Å²) in [7, 11) is 0. The molecule has 0 atom stereocenters. The Hall–Kier alpha value is -2.05. The van der Waals surface area contributed by atoms with Gasteiger partial charge in [0.15, 0.2) is 0 Å². The average molecular weight is 384 g/mol. The van der Waals surface area contributed by atoms with Gasteiger partial charge in [-0.2, -0.15) is 0 Å². The average Bonchev–Trinajstić information content (AvgIpc) is 2.56. The first kappa shape index (κ1) is 28.7. The highest BCUT2D eigenvalue weighted by molar-refractivity contribution is 5.95. The minimum absolute atomic E-state index is 0.0417. The first-order valence-corrected chi connectivity index (χ1v) is 7.48. The van der Waals surface area contributed by atoms with Crippen molar-refractivity contribution >= 4 is 17.9 Å². The Morgan fingerprint density at radius 3 is 1.38 bits per heavy atom. The first-order valence-electron chi connectivity index (χ1n) is 7.48. The number of carboxylic acid groups (broad SMARTS) is 3. The monoisotopic (exact) mass is 384 g/mol. The van der Waals surface area contributed by atoms with Gasteiger partial charge in [0, 0.05) is 12.2 Å². The number of carboxylic acids is 3. The maximum absolute atomic E-state index is 10.0. The molecule has 0 fully saturated rings. The molecule has 11 nitrogen and oxygen atoms in total. The minimum atomic E-state index is -1.73. The minimum Gasteiger partial charge on any atom is -0.479 e. The Balaban J connectivity index is -0.000000316. The molecule has 0 saturated carbocycles. The summed E-state index contributed by atoms with van der Waals surface area (Å²) in [5.74, 6) is -3.89. The molecule has 0 radical (unpaired) electrons. The number of rotatable bonds is 12. The number of aliphatic hydroxyl groups is 2. The van der Waals surface area contributed by atoms with Crippen molar-refractivity contribution in [2.75, 3.05) is 46.2 Å². The van der Waals surface area contributed by atoms with Crippen LogP contribution >= 0.6 is 0 Å². The van der Waals surface area contributed by atoms with Gasteiger partial charge in [-0.3, -0.25) is 0 Å². The second kappa shape index (κ2) is 21.0. The standard InChI is InChI=1S/C6H14O4.C5H8O5.C4H6O2/c7-1-3-9-5-6-10-4-2-8;1-2-10-3(4(6)7)5(8)9;1-3(2)4(5)6/h7-8H,1-6H2;3H,2H2,1H3,(H,6,7)(H,8,9);1H2,2H3,(H,5,6). The maximum Gasteiger partial charge on any atom is 0.344 e. The highest BCUT2D eigenvalue weighted by atomic mass is 16.5. The molecule has 0 aromatic heterocycles. The number of ether oxygens (including phenoxy) is 3. The van der Waals surface area contributed by atoms with Crippen molar-refractivity contribution in [2.24, 2.45) is 0 Å². The van der Waals surface area contributed by atoms with Crippen LogP contribution in [0.5, 0.6) is 0 Å². The Kier molecular flexibility index (Phi) is 23.2. The molecule has 0 aliphatic carbocycles. The van der Waals surface area contributed by atoms with Gasteiger partial charge < -0.3 is 39.7 Å². The first-order chi connectivity index (χ1) is 12.1. The molecule has 0 heterocycles. The lowest BCUT2D eigenvalue weighted by Crippen LogP contribution is -2.32. The molecule has 11 heteroatoms. The summed E-state index contributed by atoms with van der Waals surface area (Å²) in [5.41, 5.74) is 0.176. The van der Waals surface area contributed by atoms with Crippen LogP contribution in [0.25, 0.3) is 0 Å². The molecule has 0 aliphatic heterocycles. The normalized spacial score (nSPS) is 9.42. The lowest BCUT2D eigenvalue weighted by molar-refractivity contribution is -0.165. The van der Waals surface area contributed by atoms with Gasteiger partial charge >= 0.3 is 17.9 Å². The van der Waals surface area contributed by atoms with Gasteiger partial charge in [-0.25, -0.2) is 14.4 Å². The Morgan fingerprint density at radius 1 is 0.885 bits per heavy atom. The zero-order valence-corrected chi connectivity index (χ0v) is 14.9. The van der Waals surface area contributed by atoms with E-state index in [4.69, 9.17) is 35.0 Å². The number of carbonyl (C=O) groups is 3. The van der Waals surface area contributed by atoms with Crippen LogP contribution in [0, 0.1) is 0 Å². The Morgan fingerprint density at radius 2 is 1.23 bits per heavy atom. The smallest absolute Gasteiger partial charge is 0.344 e. The molecule has 5 N–H and O–H groups in total. The van der Waals surface area contributed by atoms with Crippen LogP contribution in [0.4, 0.5) is 0 Å². The van der Waals surface area contributed by atoms with Gasteiger partial charge in [0.25, 0.3) is 6.10 Å². The van der Waals surface area contributed by atoms with Crippen LogP contribution in [0.1, 0.15) is 13.8 Å². The molecule has 0 saturated heterocycles. The number of hydrogen-bond donors (Lipinski definition) is 5. The van der Waals surface area contributed by atoms with Gasteiger partial charge in [-0.05, 0) is 13.8 Å². The van der Waals surface area contributed by atoms with E-state index in [2.05, 4.69) is 11.3 Å². The topological polar surface area (TPSA) is 180 Å². The molecule has 26 heavy (non-hydrogen) atoms.